The average Bonchev–Trinajstić information content (AvgIpc) is 2.87. The fourth-order valence-electron chi connectivity index (χ4n) is 3.55. The van der Waals surface area contributed by atoms with Crippen molar-refractivity contribution < 1.29 is 37.8 Å². The Balaban J connectivity index is 2.16. The third-order valence-electron chi connectivity index (χ3n) is 6.04. The highest BCUT2D eigenvalue weighted by Gasteiger charge is 2.48. The second-order valence-corrected chi connectivity index (χ2v) is 10.2. The quantitative estimate of drug-likeness (QED) is 0.204. The number of aliphatic carboxylic acids is 1. The minimum absolute atomic E-state index is 0.0628. The van der Waals surface area contributed by atoms with E-state index in [0.717, 1.165) is 26.0 Å². The Bertz CT molecular complexity index is 1280. The number of allylic oxidation sites excluding steroid dienone is 1. The summed E-state index contributed by atoms with van der Waals surface area (Å²) < 4.78 is 40.8. The van der Waals surface area contributed by atoms with Crippen LogP contribution in [0.25, 0.3) is 0 Å². The second-order valence-electron chi connectivity index (χ2n) is 9.75. The molecule has 5 N–H and O–H groups in total. The number of amides is 2. The molecular formula is C26H32ClF3N6O5. The number of halogens is 4. The maximum Gasteiger partial charge on any atom is 0.397 e. The molecule has 0 saturated carbocycles. The van der Waals surface area contributed by atoms with Crippen LogP contribution in [0.5, 0.6) is 0 Å². The van der Waals surface area contributed by atoms with E-state index < -0.39 is 54.5 Å². The molecule has 2 atom stereocenters. The van der Waals surface area contributed by atoms with Gasteiger partial charge < -0.3 is 26.2 Å². The van der Waals surface area contributed by atoms with Gasteiger partial charge in [0.2, 0.25) is 17.8 Å². The first kappa shape index (κ1) is 33.4. The molecule has 1 heterocycles. The number of benzene rings is 1. The number of carboxylic acid groups (broad SMARTS) is 1. The molecule has 0 spiro atoms. The van der Waals surface area contributed by atoms with Gasteiger partial charge in [0, 0.05) is 30.4 Å². The maximum atomic E-state index is 13.6. The van der Waals surface area contributed by atoms with Crippen LogP contribution in [-0.2, 0) is 19.8 Å². The number of nitrogens with zero attached hydrogens (tertiary/aromatic N) is 3. The number of aliphatic hydroxyl groups is 1. The van der Waals surface area contributed by atoms with Crippen molar-refractivity contribution >= 4 is 47.3 Å². The van der Waals surface area contributed by atoms with E-state index in [1.807, 2.05) is 0 Å². The lowest BCUT2D eigenvalue weighted by molar-refractivity contribution is -0.180. The summed E-state index contributed by atoms with van der Waals surface area (Å²) in [5, 5.41) is 26.5. The smallest absolute Gasteiger partial charge is 0.397 e. The molecule has 0 aromatic heterocycles. The Morgan fingerprint density at radius 3 is 2.51 bits per heavy atom. The average molecular weight is 601 g/mol. The molecule has 15 heteroatoms. The van der Waals surface area contributed by atoms with E-state index in [0.29, 0.717) is 0 Å². The van der Waals surface area contributed by atoms with Crippen molar-refractivity contribution in [2.75, 3.05) is 26.7 Å². The van der Waals surface area contributed by atoms with Crippen molar-refractivity contribution in [3.8, 4) is 0 Å². The van der Waals surface area contributed by atoms with E-state index in [-0.39, 0.29) is 46.5 Å². The second kappa shape index (κ2) is 14.2. The number of alkyl halides is 3. The summed E-state index contributed by atoms with van der Waals surface area (Å²) in [6, 6.07) is 2.34. The zero-order valence-electron chi connectivity index (χ0n) is 22.8. The minimum Gasteiger partial charge on any atom is -0.481 e. The van der Waals surface area contributed by atoms with Gasteiger partial charge in [-0.25, -0.2) is 9.98 Å². The summed E-state index contributed by atoms with van der Waals surface area (Å²) in [6.45, 7) is 3.27. The number of aliphatic imine (C=N–C) groups is 3. The highest BCUT2D eigenvalue weighted by molar-refractivity contribution is 6.38. The first-order valence-corrected chi connectivity index (χ1v) is 12.7. The third kappa shape index (κ3) is 9.97. The van der Waals surface area contributed by atoms with E-state index in [4.69, 9.17) is 11.6 Å². The molecule has 41 heavy (non-hydrogen) atoms. The number of β-amino-alcohol motifs (C(OH)–C–C–N with tert-alkyl or cyclic N) is 1. The summed E-state index contributed by atoms with van der Waals surface area (Å²) in [5.41, 5.74) is -2.01. The van der Waals surface area contributed by atoms with E-state index in [1.54, 1.807) is 0 Å². The van der Waals surface area contributed by atoms with Crippen LogP contribution in [0.4, 0.5) is 13.2 Å². The van der Waals surface area contributed by atoms with Crippen LogP contribution in [0.3, 0.4) is 0 Å². The van der Waals surface area contributed by atoms with Crippen LogP contribution in [-0.4, -0.2) is 84.8 Å². The van der Waals surface area contributed by atoms with Gasteiger partial charge in [-0.1, -0.05) is 17.7 Å². The lowest BCUT2D eigenvalue weighted by atomic mass is 9.82. The fraction of sp³-hybridized carbons (Fsp3) is 0.462. The van der Waals surface area contributed by atoms with E-state index in [1.165, 1.54) is 32.3 Å². The molecular weight excluding hydrogens is 569 g/mol. The zero-order valence-corrected chi connectivity index (χ0v) is 23.6. The van der Waals surface area contributed by atoms with Crippen LogP contribution in [0.1, 0.15) is 44.4 Å². The summed E-state index contributed by atoms with van der Waals surface area (Å²) in [5.74, 6) is -2.48. The predicted octanol–water partition coefficient (Wildman–Crippen LogP) is 2.34. The van der Waals surface area contributed by atoms with E-state index >= 15 is 0 Å². The number of nitrogens with one attached hydrogen (secondary N) is 3. The number of hydrogen-bond acceptors (Lipinski definition) is 8. The van der Waals surface area contributed by atoms with Gasteiger partial charge in [-0.05, 0) is 50.1 Å². The third-order valence-corrected chi connectivity index (χ3v) is 6.26. The van der Waals surface area contributed by atoms with Gasteiger partial charge in [0.1, 0.15) is 0 Å². The number of carbonyl (C=O) groups is 3. The van der Waals surface area contributed by atoms with Crippen molar-refractivity contribution in [2.45, 2.75) is 50.9 Å². The Morgan fingerprint density at radius 2 is 1.95 bits per heavy atom. The Hall–Kier alpha value is -3.78. The summed E-state index contributed by atoms with van der Waals surface area (Å²) in [4.78, 5) is 48.9. The van der Waals surface area contributed by atoms with Crippen LogP contribution >= 0.6 is 11.6 Å². The Morgan fingerprint density at radius 1 is 1.27 bits per heavy atom. The summed E-state index contributed by atoms with van der Waals surface area (Å²) in [7, 11) is 1.50. The molecule has 1 aromatic rings. The highest BCUT2D eigenvalue weighted by atomic mass is 35.5. The molecule has 0 fully saturated rings. The minimum atomic E-state index is -4.62. The van der Waals surface area contributed by atoms with Crippen molar-refractivity contribution in [2.24, 2.45) is 15.0 Å². The van der Waals surface area contributed by atoms with Gasteiger partial charge >= 0.3 is 12.1 Å². The van der Waals surface area contributed by atoms with Crippen molar-refractivity contribution in [1.82, 2.24) is 16.0 Å². The van der Waals surface area contributed by atoms with Crippen molar-refractivity contribution in [3.63, 3.8) is 0 Å². The Kier molecular flexibility index (Phi) is 11.6. The molecule has 2 rings (SSSR count). The standard InChI is InChI=1S/C26H32ClF3N6O5/c1-14(5-18(10-31-4)35-24-33-11-19(37)12-34-24)23(41)32-13-21(38)36-20(9-22(39)40)15-6-16(8-17(27)7-15)25(2,3)26(28,29)30/h5-8,10,19-20,37H,9,11-13H2,1-4H3,(H,32,41)(H,33,34)(H,36,38)(H,39,40)/b14-5+,31-10?,35-18?. The van der Waals surface area contributed by atoms with Crippen molar-refractivity contribution in [1.29, 1.82) is 0 Å². The number of rotatable bonds is 10. The largest absolute Gasteiger partial charge is 0.481 e. The number of hydrogen-bond donors (Lipinski definition) is 5. The monoisotopic (exact) mass is 600 g/mol. The molecule has 0 saturated heterocycles. The van der Waals surface area contributed by atoms with E-state index in [9.17, 15) is 37.8 Å². The molecule has 11 nitrogen and oxygen atoms in total. The lowest BCUT2D eigenvalue weighted by Gasteiger charge is -2.29. The van der Waals surface area contributed by atoms with Gasteiger partial charge in [0.05, 0.1) is 42.8 Å². The normalized spacial score (nSPS) is 17.5. The zero-order chi connectivity index (χ0) is 31.0. The summed E-state index contributed by atoms with van der Waals surface area (Å²) in [6.07, 6.45) is -3.11. The van der Waals surface area contributed by atoms with Crippen LogP contribution < -0.4 is 16.0 Å². The van der Waals surface area contributed by atoms with Crippen molar-refractivity contribution in [3.05, 3.63) is 46.0 Å². The van der Waals surface area contributed by atoms with Gasteiger partial charge in [0.15, 0.2) is 0 Å². The first-order valence-electron chi connectivity index (χ1n) is 12.4. The molecule has 2 unspecified atom stereocenters. The highest BCUT2D eigenvalue weighted by Crippen LogP contribution is 2.42. The number of guanidine groups is 1. The van der Waals surface area contributed by atoms with Crippen LogP contribution in [0.15, 0.2) is 44.8 Å². The van der Waals surface area contributed by atoms with Crippen LogP contribution in [0, 0.1) is 0 Å². The Labute approximate surface area is 239 Å². The molecule has 2 amide bonds. The summed E-state index contributed by atoms with van der Waals surface area (Å²) >= 11 is 6.06. The van der Waals surface area contributed by atoms with Gasteiger partial charge in [-0.3, -0.25) is 19.4 Å². The molecule has 0 bridgehead atoms. The van der Waals surface area contributed by atoms with Crippen LogP contribution in [0.2, 0.25) is 5.02 Å². The predicted molar refractivity (Wildman–Crippen MR) is 149 cm³/mol. The first-order chi connectivity index (χ1) is 19.0. The van der Waals surface area contributed by atoms with Gasteiger partial charge in [-0.2, -0.15) is 13.2 Å². The molecule has 1 aliphatic heterocycles. The number of carboxylic acids is 1. The number of aliphatic hydroxyl groups excluding tert-OH is 1. The molecule has 224 valence electrons. The maximum absolute atomic E-state index is 13.6. The van der Waals surface area contributed by atoms with E-state index in [2.05, 4.69) is 30.9 Å². The fourth-order valence-corrected chi connectivity index (χ4v) is 3.79. The molecule has 1 aromatic carbocycles. The molecule has 0 aliphatic carbocycles. The van der Waals surface area contributed by atoms with Gasteiger partial charge in [-0.15, -0.1) is 0 Å². The lowest BCUT2D eigenvalue weighted by Crippen LogP contribution is -2.40. The number of carbonyl (C=O) groups excluding carboxylic acids is 2. The molecule has 1 aliphatic rings. The topological polar surface area (TPSA) is 165 Å². The molecule has 0 radical (unpaired) electrons. The van der Waals surface area contributed by atoms with Gasteiger partial charge in [0.25, 0.3) is 0 Å². The SMILES string of the molecule is CN=CC(/C=C(\C)C(=O)NCC(=O)NC(CC(=O)O)c1cc(Cl)cc(C(C)(C)C(F)(F)F)c1)=NC1=NCC(O)CN1.